The number of carboxylic acid groups (broad SMARTS) is 2. The lowest BCUT2D eigenvalue weighted by Gasteiger charge is -2.23. The monoisotopic (exact) mass is 1880 g/mol. The molecule has 0 saturated carbocycles. The van der Waals surface area contributed by atoms with Gasteiger partial charge < -0.3 is 117 Å². The van der Waals surface area contributed by atoms with Crippen LogP contribution in [0.5, 0.6) is 11.5 Å². The van der Waals surface area contributed by atoms with Crippen LogP contribution < -0.4 is 68.8 Å². The number of hydrogen-bond donors (Lipinski definition) is 15. The number of amides is 9. The predicted molar refractivity (Wildman–Crippen MR) is 493 cm³/mol. The number of aromatic amines is 2. The lowest BCUT2D eigenvalue weighted by atomic mass is 9.90. The molecule has 14 atom stereocenters. The van der Waals surface area contributed by atoms with Crippen LogP contribution in [-0.2, 0) is 95.5 Å². The molecule has 17 N–H and O–H groups in total. The third-order valence-electron chi connectivity index (χ3n) is 21.9. The molecule has 2 aromatic heterocycles. The maximum atomic E-state index is 13.2. The molecule has 5 aliphatic rings. The molecule has 2 aromatic carbocycles. The van der Waals surface area contributed by atoms with E-state index in [1.54, 1.807) is 60.1 Å². The Morgan fingerprint density at radius 3 is 1.05 bits per heavy atom. The van der Waals surface area contributed by atoms with E-state index < -0.39 is 107 Å². The van der Waals surface area contributed by atoms with Crippen molar-refractivity contribution in [1.82, 2.24) is 57.8 Å². The predicted octanol–water partition coefficient (Wildman–Crippen LogP) is 6.85. The summed E-state index contributed by atoms with van der Waals surface area (Å²) in [6.45, 7) is 27.8. The standard InChI is InChI=1S/C25H33N3O6.C15H26N2O4.C14H25N3O4.C13H22N2O5.C10H9NO3.C8H14N2O3.C7H14O2.CH4/c1-14(2)10-16(12-21(29)19-13-17-18(27-19)6-5-7-22(17)33-3)24(31)28-20(25(32)34-4)11-15-8-9-26-23(15)30;1-9(2)7-10(3)13(18)17-12(15(20)21-4)8-11-5-6-16-14(11)19;1-8(2)6-10(15)13(19)17-11(14(20)21-3)7-9-4-5-16-12(9)18;1-13(2,3)20-12(18)15-9(11(17)19-4)7-8-5-6-14-10(8)16;1-14-9-4-2-3-7-6(9)5-8(11-7)10(12)13;1-13-8(12)6(9)4-5-2-3-10-7(5)11;1-5(2)4-6(3)7(8)9;/h5-7,13-16,20,27H,8-12H2,1-4H3,(H,26,30)(H,28,31);9-12H,5-8H2,1-4H3,(H,16,19)(H,17,18);8-11H,4-7,15H2,1-3H3,(H,16,18)(H,17,19);8-9H,5-7H2,1-4H3,(H,14,16)(H,15,18);2-5,11H,1H3,(H,12,13);5-6H,2-4,9H2,1H3,(H,10,11);5-6H,4H2,1-3H3,(H,8,9);1H4/t15-,16+,20-;10-,11-,12-;9-,10-,11-;8-,9-;;5-,6-;6-;/m0000.00./s1. The highest BCUT2D eigenvalue weighted by Gasteiger charge is 2.39. The summed E-state index contributed by atoms with van der Waals surface area (Å²) in [7, 11) is 9.44. The first-order chi connectivity index (χ1) is 62.0. The van der Waals surface area contributed by atoms with Crippen molar-refractivity contribution >= 4 is 123 Å². The van der Waals surface area contributed by atoms with Gasteiger partial charge in [0.1, 0.15) is 53.0 Å². The number of fused-ring (bicyclic) bond motifs is 2. The zero-order chi connectivity index (χ0) is 99.6. The molecule has 5 aliphatic heterocycles. The second kappa shape index (κ2) is 58.8. The van der Waals surface area contributed by atoms with E-state index in [0.717, 1.165) is 41.1 Å². The number of esters is 5. The number of ether oxygens (including phenoxy) is 8. The molecule has 7 heterocycles. The Balaban J connectivity index is 0.000000542. The number of Topliss-reactive ketones (excluding diaryl/α,β-unsaturated/α-hetero) is 1. The second-order valence-electron chi connectivity index (χ2n) is 35.8. The first-order valence-electron chi connectivity index (χ1n) is 44.6. The number of methoxy groups -OCH3 is 7. The number of benzene rings is 2. The average molecular weight is 1880 g/mol. The molecular formula is C93H147N13O27. The van der Waals surface area contributed by atoms with Crippen molar-refractivity contribution < 1.29 is 130 Å². The topological polar surface area (TPSA) is 596 Å². The number of aromatic nitrogens is 2. The number of nitrogens with two attached hydrogens (primary N) is 2. The van der Waals surface area contributed by atoms with E-state index in [-0.39, 0.29) is 133 Å². The summed E-state index contributed by atoms with van der Waals surface area (Å²) in [6, 6.07) is 9.43. The zero-order valence-electron chi connectivity index (χ0n) is 79.9. The molecule has 5 fully saturated rings. The highest BCUT2D eigenvalue weighted by Crippen LogP contribution is 2.31. The number of aliphatic carboxylic acids is 1. The lowest BCUT2D eigenvalue weighted by Crippen LogP contribution is -2.50. The summed E-state index contributed by atoms with van der Waals surface area (Å²) in [6.07, 6.45) is 6.40. The first-order valence-corrected chi connectivity index (χ1v) is 44.6. The van der Waals surface area contributed by atoms with Gasteiger partial charge in [0.25, 0.3) is 0 Å². The Bertz CT molecular complexity index is 4420. The van der Waals surface area contributed by atoms with E-state index in [1.165, 1.54) is 35.5 Å². The van der Waals surface area contributed by atoms with Crippen molar-refractivity contribution in [2.45, 2.75) is 236 Å². The smallest absolute Gasteiger partial charge is 0.408 e. The van der Waals surface area contributed by atoms with Crippen LogP contribution in [0.25, 0.3) is 21.8 Å². The van der Waals surface area contributed by atoms with Gasteiger partial charge in [-0.15, -0.1) is 0 Å². The number of alkyl carbamates (subject to hydrolysis) is 1. The van der Waals surface area contributed by atoms with Gasteiger partial charge in [0.2, 0.25) is 47.3 Å². The Hall–Kier alpha value is -12.0. The van der Waals surface area contributed by atoms with Crippen molar-refractivity contribution in [3.8, 4) is 11.5 Å². The third-order valence-corrected chi connectivity index (χ3v) is 21.9. The van der Waals surface area contributed by atoms with Crippen LogP contribution in [0.2, 0.25) is 0 Å². The maximum absolute atomic E-state index is 13.2. The van der Waals surface area contributed by atoms with Crippen LogP contribution in [0.15, 0.2) is 48.5 Å². The van der Waals surface area contributed by atoms with Gasteiger partial charge in [0, 0.05) is 102 Å². The van der Waals surface area contributed by atoms with Gasteiger partial charge in [-0.1, -0.05) is 88.8 Å². The van der Waals surface area contributed by atoms with E-state index in [9.17, 15) is 81.5 Å². The number of carbonyl (C=O) groups excluding carboxylic acids is 15. The van der Waals surface area contributed by atoms with Gasteiger partial charge in [-0.25, -0.2) is 28.8 Å². The van der Waals surface area contributed by atoms with Crippen molar-refractivity contribution in [2.75, 3.05) is 82.5 Å². The fourth-order valence-electron chi connectivity index (χ4n) is 15.1. The Morgan fingerprint density at radius 1 is 0.414 bits per heavy atom. The highest BCUT2D eigenvalue weighted by molar-refractivity contribution is 6.03. The van der Waals surface area contributed by atoms with E-state index in [4.69, 9.17) is 50.1 Å². The van der Waals surface area contributed by atoms with Crippen LogP contribution in [0.4, 0.5) is 4.79 Å². The molecule has 5 saturated heterocycles. The van der Waals surface area contributed by atoms with Gasteiger partial charge in [-0.2, -0.15) is 0 Å². The third kappa shape index (κ3) is 41.4. The minimum atomic E-state index is -0.969. The zero-order valence-corrected chi connectivity index (χ0v) is 79.9. The molecule has 0 bridgehead atoms. The van der Waals surface area contributed by atoms with E-state index in [1.807, 2.05) is 92.6 Å². The van der Waals surface area contributed by atoms with Crippen molar-refractivity contribution in [2.24, 2.45) is 82.5 Å². The summed E-state index contributed by atoms with van der Waals surface area (Å²) in [5.41, 5.74) is 12.8. The number of rotatable bonds is 37. The Kier molecular flexibility index (Phi) is 51.8. The molecular weight excluding hydrogens is 1730 g/mol. The van der Waals surface area contributed by atoms with Crippen LogP contribution in [-0.4, -0.2) is 245 Å². The molecule has 40 nitrogen and oxygen atoms in total. The normalized spacial score (nSPS) is 18.4. The van der Waals surface area contributed by atoms with E-state index >= 15 is 0 Å². The maximum Gasteiger partial charge on any atom is 0.408 e. The first kappa shape index (κ1) is 117. The largest absolute Gasteiger partial charge is 0.496 e. The summed E-state index contributed by atoms with van der Waals surface area (Å²) in [5.74, 6) is -5.60. The number of H-pyrrole nitrogens is 2. The molecule has 133 heavy (non-hydrogen) atoms. The van der Waals surface area contributed by atoms with Crippen LogP contribution in [0.1, 0.15) is 215 Å². The molecule has 0 unspecified atom stereocenters. The molecule has 9 amide bonds. The molecule has 4 aromatic rings. The van der Waals surface area contributed by atoms with Crippen molar-refractivity contribution in [1.29, 1.82) is 0 Å². The number of carboxylic acids is 2. The Morgan fingerprint density at radius 2 is 0.737 bits per heavy atom. The van der Waals surface area contributed by atoms with Crippen LogP contribution in [0.3, 0.4) is 0 Å². The summed E-state index contributed by atoms with van der Waals surface area (Å²) in [4.78, 5) is 205. The molecule has 0 spiro atoms. The number of aromatic carboxylic acids is 1. The number of ketones is 1. The number of carbonyl (C=O) groups is 17. The molecule has 9 rings (SSSR count). The molecule has 40 heteroatoms. The summed E-state index contributed by atoms with van der Waals surface area (Å²) >= 11 is 0. The second-order valence-corrected chi connectivity index (χ2v) is 35.8. The quantitative estimate of drug-likeness (QED) is 0.0125. The Labute approximate surface area is 778 Å². The van der Waals surface area contributed by atoms with E-state index in [2.05, 4.69) is 67.3 Å². The summed E-state index contributed by atoms with van der Waals surface area (Å²) in [5, 5.41) is 42.9. The SMILES string of the molecule is C.CC(C)C[C@H](C)C(=O)O.COC(=O)[C@@H](N)C[C@@H]1CCNC1=O.COC(=O)[C@H](C[C@@H]1CCNC1=O)NC(=O)OC(C)(C)C.COC(=O)[C@H](C[C@@H]1CCNC1=O)NC(=O)[C@@H](C)CC(C)C.COC(=O)[C@H](C[C@@H]1CCNC1=O)NC(=O)[C@@H](CC(=O)c1cc2c(OC)cccc2[nH]1)CC(C)C.COC(=O)[C@H](C[C@@H]1CCNC1=O)NC(=O)[C@@H](N)CC(C)C.COc1cccc2[nH]c(C(=O)O)cc12. The fourth-order valence-corrected chi connectivity index (χ4v) is 15.1. The van der Waals surface area contributed by atoms with Gasteiger partial charge in [-0.05, 0) is 171 Å². The lowest BCUT2D eigenvalue weighted by molar-refractivity contribution is -0.146. The van der Waals surface area contributed by atoms with Gasteiger partial charge in [-0.3, -0.25) is 52.7 Å². The van der Waals surface area contributed by atoms with Gasteiger partial charge >= 0.3 is 47.9 Å². The fraction of sp³-hybridized carbons (Fsp3) is 0.645. The highest BCUT2D eigenvalue weighted by atomic mass is 16.6. The summed E-state index contributed by atoms with van der Waals surface area (Å²) < 4.78 is 39.0. The molecule has 0 radical (unpaired) electrons. The van der Waals surface area contributed by atoms with Gasteiger partial charge in [0.15, 0.2) is 5.78 Å². The molecule has 746 valence electrons. The minimum Gasteiger partial charge on any atom is -0.496 e. The van der Waals surface area contributed by atoms with Crippen molar-refractivity contribution in [3.05, 3.63) is 59.9 Å². The number of hydrogen-bond acceptors (Lipinski definition) is 27. The van der Waals surface area contributed by atoms with E-state index in [0.29, 0.717) is 113 Å². The van der Waals surface area contributed by atoms with Crippen molar-refractivity contribution in [3.63, 3.8) is 0 Å². The van der Waals surface area contributed by atoms with Gasteiger partial charge in [0.05, 0.1) is 67.4 Å². The molecule has 0 aliphatic carbocycles. The van der Waals surface area contributed by atoms with Crippen LogP contribution >= 0.6 is 0 Å². The van der Waals surface area contributed by atoms with Crippen LogP contribution in [0, 0.1) is 71.0 Å². The average Bonchev–Trinajstić information content (AvgIpc) is 1.67. The minimum absolute atomic E-state index is 0. The number of nitrogens with one attached hydrogen (secondary N) is 11.